The van der Waals surface area contributed by atoms with Crippen molar-refractivity contribution in [1.29, 1.82) is 0 Å². The second-order valence-electron chi connectivity index (χ2n) is 8.46. The lowest BCUT2D eigenvalue weighted by Crippen LogP contribution is -2.38. The quantitative estimate of drug-likeness (QED) is 0.433. The number of aromatic amines is 1. The summed E-state index contributed by atoms with van der Waals surface area (Å²) >= 11 is 1.51. The van der Waals surface area contributed by atoms with Crippen LogP contribution in [0, 0.1) is 0 Å². The Kier molecular flexibility index (Phi) is 4.88. The molecule has 0 unspecified atom stereocenters. The van der Waals surface area contributed by atoms with Crippen LogP contribution >= 0.6 is 11.3 Å². The molecule has 0 bridgehead atoms. The molecule has 0 radical (unpaired) electrons. The van der Waals surface area contributed by atoms with Gasteiger partial charge < -0.3 is 9.88 Å². The van der Waals surface area contributed by atoms with Crippen LogP contribution in [-0.4, -0.2) is 34.8 Å². The van der Waals surface area contributed by atoms with Crippen LogP contribution in [0.3, 0.4) is 0 Å². The van der Waals surface area contributed by atoms with Gasteiger partial charge in [-0.1, -0.05) is 42.5 Å². The van der Waals surface area contributed by atoms with Crippen molar-refractivity contribution >= 4 is 45.3 Å². The number of nitrogens with one attached hydrogen (secondary N) is 1. The van der Waals surface area contributed by atoms with E-state index in [0.29, 0.717) is 24.2 Å². The lowest BCUT2D eigenvalue weighted by molar-refractivity contribution is -0.136. The number of anilines is 1. The van der Waals surface area contributed by atoms with Gasteiger partial charge in [0.15, 0.2) is 0 Å². The standard InChI is InChI=1S/C27H23N3O2S/c31-26-24(23-12-6-16-33-23)25(29-14-5-8-18-7-1-4-11-22(18)29)27(32)30(26)15-13-19-17-28-21-10-3-2-9-20(19)21/h1-4,6-7,9-12,16-17,28H,5,8,13-15H2. The van der Waals surface area contributed by atoms with Crippen molar-refractivity contribution in [2.24, 2.45) is 0 Å². The summed E-state index contributed by atoms with van der Waals surface area (Å²) in [6.07, 6.45) is 4.53. The first-order valence-electron chi connectivity index (χ1n) is 11.3. The third-order valence-electron chi connectivity index (χ3n) is 6.57. The lowest BCUT2D eigenvalue weighted by atomic mass is 10.00. The summed E-state index contributed by atoms with van der Waals surface area (Å²) in [5, 5.41) is 3.09. The van der Waals surface area contributed by atoms with E-state index in [1.54, 1.807) is 0 Å². The molecule has 2 aliphatic heterocycles. The van der Waals surface area contributed by atoms with Crippen molar-refractivity contribution in [1.82, 2.24) is 9.88 Å². The summed E-state index contributed by atoms with van der Waals surface area (Å²) in [5.74, 6) is -0.389. The second kappa shape index (κ2) is 8.05. The van der Waals surface area contributed by atoms with Crippen molar-refractivity contribution in [3.8, 4) is 0 Å². The molecule has 6 rings (SSSR count). The molecule has 164 valence electrons. The summed E-state index contributed by atoms with van der Waals surface area (Å²) in [6, 6.07) is 20.2. The number of carbonyl (C=O) groups is 2. The predicted octanol–water partition coefficient (Wildman–Crippen LogP) is 5.00. The molecule has 33 heavy (non-hydrogen) atoms. The number of H-pyrrole nitrogens is 1. The number of thiophene rings is 1. The number of nitrogens with zero attached hydrogens (tertiary/aromatic N) is 2. The first-order valence-corrected chi connectivity index (χ1v) is 12.1. The van der Waals surface area contributed by atoms with Gasteiger partial charge in [-0.15, -0.1) is 11.3 Å². The molecule has 2 aliphatic rings. The molecule has 0 fully saturated rings. The van der Waals surface area contributed by atoms with Gasteiger partial charge in [-0.2, -0.15) is 0 Å². The molecule has 4 aromatic rings. The van der Waals surface area contributed by atoms with E-state index in [1.165, 1.54) is 21.8 Å². The first kappa shape index (κ1) is 20.0. The molecule has 2 aromatic heterocycles. The number of fused-ring (bicyclic) bond motifs is 2. The van der Waals surface area contributed by atoms with E-state index in [4.69, 9.17) is 0 Å². The summed E-state index contributed by atoms with van der Waals surface area (Å²) in [4.78, 5) is 35.0. The SMILES string of the molecule is O=C1C(c2cccs2)=C(N2CCCc3ccccc32)C(=O)N1CCc1c[nH]c2ccccc12. The maximum absolute atomic E-state index is 13.8. The number of hydrogen-bond acceptors (Lipinski definition) is 4. The third-order valence-corrected chi connectivity index (χ3v) is 7.46. The van der Waals surface area contributed by atoms with Crippen molar-refractivity contribution in [3.05, 3.63) is 93.9 Å². The van der Waals surface area contributed by atoms with E-state index in [9.17, 15) is 9.59 Å². The number of para-hydroxylation sites is 2. The molecule has 0 atom stereocenters. The molecule has 0 saturated heterocycles. The van der Waals surface area contributed by atoms with Crippen LogP contribution in [0.1, 0.15) is 22.4 Å². The fraction of sp³-hybridized carbons (Fsp3) is 0.185. The molecule has 6 heteroatoms. The van der Waals surface area contributed by atoms with Crippen molar-refractivity contribution in [3.63, 3.8) is 0 Å². The van der Waals surface area contributed by atoms with E-state index in [1.807, 2.05) is 54.0 Å². The normalized spacial score (nSPS) is 16.2. The van der Waals surface area contributed by atoms with E-state index in [-0.39, 0.29) is 11.8 Å². The zero-order chi connectivity index (χ0) is 22.4. The van der Waals surface area contributed by atoms with Gasteiger partial charge >= 0.3 is 0 Å². The number of benzene rings is 2. The van der Waals surface area contributed by atoms with Crippen LogP contribution in [0.25, 0.3) is 16.5 Å². The van der Waals surface area contributed by atoms with Crippen LogP contribution < -0.4 is 4.90 Å². The topological polar surface area (TPSA) is 56.4 Å². The molecule has 0 spiro atoms. The third kappa shape index (κ3) is 3.29. The van der Waals surface area contributed by atoms with Gasteiger partial charge in [-0.3, -0.25) is 14.5 Å². The minimum Gasteiger partial charge on any atom is -0.361 e. The van der Waals surface area contributed by atoms with Gasteiger partial charge in [0, 0.05) is 40.8 Å². The molecule has 0 saturated carbocycles. The van der Waals surface area contributed by atoms with E-state index in [2.05, 4.69) is 28.1 Å². The molecule has 2 amide bonds. The monoisotopic (exact) mass is 453 g/mol. The zero-order valence-electron chi connectivity index (χ0n) is 18.1. The Balaban J connectivity index is 1.37. The summed E-state index contributed by atoms with van der Waals surface area (Å²) < 4.78 is 0. The van der Waals surface area contributed by atoms with Gasteiger partial charge in [-0.25, -0.2) is 0 Å². The maximum Gasteiger partial charge on any atom is 0.278 e. The lowest BCUT2D eigenvalue weighted by Gasteiger charge is -2.32. The molecular formula is C27H23N3O2S. The molecule has 5 nitrogen and oxygen atoms in total. The van der Waals surface area contributed by atoms with Crippen LogP contribution in [-0.2, 0) is 22.4 Å². The van der Waals surface area contributed by atoms with E-state index >= 15 is 0 Å². The number of hydrogen-bond donors (Lipinski definition) is 1. The Bertz CT molecular complexity index is 1400. The first-order chi connectivity index (χ1) is 16.2. The molecule has 2 aromatic carbocycles. The summed E-state index contributed by atoms with van der Waals surface area (Å²) in [5.41, 5.74) is 5.49. The predicted molar refractivity (Wildman–Crippen MR) is 132 cm³/mol. The van der Waals surface area contributed by atoms with Gasteiger partial charge in [0.05, 0.1) is 5.57 Å². The van der Waals surface area contributed by atoms with Gasteiger partial charge in [-0.05, 0) is 54.0 Å². The van der Waals surface area contributed by atoms with Gasteiger partial charge in [0.1, 0.15) is 5.70 Å². The van der Waals surface area contributed by atoms with Gasteiger partial charge in [0.25, 0.3) is 11.8 Å². The minimum absolute atomic E-state index is 0.194. The van der Waals surface area contributed by atoms with E-state index in [0.717, 1.165) is 46.4 Å². The highest BCUT2D eigenvalue weighted by Crippen LogP contribution is 2.39. The molecule has 4 heterocycles. The fourth-order valence-electron chi connectivity index (χ4n) is 5.00. The number of aryl methyl sites for hydroxylation is 1. The number of aromatic nitrogens is 1. The van der Waals surface area contributed by atoms with Crippen molar-refractivity contribution in [2.75, 3.05) is 18.0 Å². The second-order valence-corrected chi connectivity index (χ2v) is 9.40. The molecule has 1 N–H and O–H groups in total. The average Bonchev–Trinajstić information content (AvgIpc) is 3.57. The highest BCUT2D eigenvalue weighted by molar-refractivity contribution is 7.11. The number of carbonyl (C=O) groups excluding carboxylic acids is 2. The van der Waals surface area contributed by atoms with Crippen LogP contribution in [0.5, 0.6) is 0 Å². The van der Waals surface area contributed by atoms with Crippen molar-refractivity contribution < 1.29 is 9.59 Å². The average molecular weight is 454 g/mol. The largest absolute Gasteiger partial charge is 0.361 e. The summed E-state index contributed by atoms with van der Waals surface area (Å²) in [7, 11) is 0. The molecular weight excluding hydrogens is 430 g/mol. The zero-order valence-corrected chi connectivity index (χ0v) is 18.9. The molecule has 0 aliphatic carbocycles. The number of imide groups is 1. The number of amides is 2. The maximum atomic E-state index is 13.8. The van der Waals surface area contributed by atoms with Crippen molar-refractivity contribution in [2.45, 2.75) is 19.3 Å². The Hall–Kier alpha value is -3.64. The van der Waals surface area contributed by atoms with Crippen LogP contribution in [0.4, 0.5) is 5.69 Å². The Morgan fingerprint density at radius 2 is 1.79 bits per heavy atom. The van der Waals surface area contributed by atoms with Crippen LogP contribution in [0.2, 0.25) is 0 Å². The Labute approximate surface area is 196 Å². The minimum atomic E-state index is -0.194. The highest BCUT2D eigenvalue weighted by Gasteiger charge is 2.42. The summed E-state index contributed by atoms with van der Waals surface area (Å²) in [6.45, 7) is 1.09. The van der Waals surface area contributed by atoms with Crippen LogP contribution in [0.15, 0.2) is 77.9 Å². The highest BCUT2D eigenvalue weighted by atomic mass is 32.1. The van der Waals surface area contributed by atoms with Gasteiger partial charge in [0.2, 0.25) is 0 Å². The number of rotatable bonds is 5. The van der Waals surface area contributed by atoms with E-state index < -0.39 is 0 Å². The Morgan fingerprint density at radius 3 is 2.67 bits per heavy atom. The fourth-order valence-corrected chi connectivity index (χ4v) is 5.76. The smallest absolute Gasteiger partial charge is 0.278 e. The Morgan fingerprint density at radius 1 is 0.939 bits per heavy atom.